The Balaban J connectivity index is 1.62. The minimum atomic E-state index is -0.831. The number of hydrogen-bond donors (Lipinski definition) is 0. The van der Waals surface area contributed by atoms with Crippen LogP contribution in [-0.2, 0) is 9.53 Å². The Bertz CT molecular complexity index is 1870. The number of nitrogens with zero attached hydrogens (tertiary/aromatic N) is 3. The number of allylic oxidation sites excluding steroid dienone is 1. The van der Waals surface area contributed by atoms with Gasteiger partial charge in [0, 0.05) is 17.2 Å². The summed E-state index contributed by atoms with van der Waals surface area (Å²) in [6.45, 7) is 3.57. The summed E-state index contributed by atoms with van der Waals surface area (Å²) < 4.78 is 18.4. The summed E-state index contributed by atoms with van der Waals surface area (Å²) in [7, 11) is 1.41. The molecule has 10 nitrogen and oxygen atoms in total. The van der Waals surface area contributed by atoms with E-state index in [1.165, 1.54) is 29.9 Å². The lowest BCUT2D eigenvalue weighted by molar-refractivity contribution is -0.384. The molecule has 0 N–H and O–H groups in total. The number of non-ortho nitro benzene ring substituents is 1. The van der Waals surface area contributed by atoms with Gasteiger partial charge in [0.1, 0.15) is 23.3 Å². The van der Waals surface area contributed by atoms with Crippen LogP contribution in [0.1, 0.15) is 31.2 Å². The molecule has 2 aromatic heterocycles. The van der Waals surface area contributed by atoms with Gasteiger partial charge in [0.05, 0.1) is 46.1 Å². The van der Waals surface area contributed by atoms with Crippen molar-refractivity contribution in [2.45, 2.75) is 19.9 Å². The third-order valence-corrected chi connectivity index (χ3v) is 7.61. The van der Waals surface area contributed by atoms with Crippen LogP contribution in [0.2, 0.25) is 5.02 Å². The van der Waals surface area contributed by atoms with Crippen LogP contribution in [0.3, 0.4) is 0 Å². The molecule has 0 fully saturated rings. The molecule has 4 aromatic rings. The van der Waals surface area contributed by atoms with E-state index in [1.54, 1.807) is 56.3 Å². The fourth-order valence-electron chi connectivity index (χ4n) is 4.48. The van der Waals surface area contributed by atoms with Gasteiger partial charge < -0.3 is 13.9 Å². The molecule has 204 valence electrons. The summed E-state index contributed by atoms with van der Waals surface area (Å²) in [6, 6.07) is 13.7. The summed E-state index contributed by atoms with van der Waals surface area (Å²) >= 11 is 7.68. The number of methoxy groups -OCH3 is 1. The number of ether oxygens (including phenoxy) is 2. The van der Waals surface area contributed by atoms with Gasteiger partial charge in [0.2, 0.25) is 0 Å². The SMILES string of the molecule is CCOC(=O)C1=C(C)N=c2sc(=Cc3ccc(-c4ccc([N+](=O)[O-])cc4OC)o3)c(=O)n2[C@H]1c1ccccc1Cl. The number of thiazole rings is 1. The smallest absolute Gasteiger partial charge is 0.338 e. The lowest BCUT2D eigenvalue weighted by Gasteiger charge is -2.25. The van der Waals surface area contributed by atoms with Crippen LogP contribution in [0.25, 0.3) is 17.4 Å². The van der Waals surface area contributed by atoms with Gasteiger partial charge in [-0.05, 0) is 43.7 Å². The molecule has 0 bridgehead atoms. The number of rotatable bonds is 7. The van der Waals surface area contributed by atoms with Crippen LogP contribution < -0.4 is 19.6 Å². The van der Waals surface area contributed by atoms with Crippen LogP contribution in [-0.4, -0.2) is 29.2 Å². The van der Waals surface area contributed by atoms with E-state index >= 15 is 0 Å². The summed E-state index contributed by atoms with van der Waals surface area (Å²) in [5.41, 5.74) is 1.26. The largest absolute Gasteiger partial charge is 0.496 e. The number of carbonyl (C=O) groups excluding carboxylic acids is 1. The van der Waals surface area contributed by atoms with E-state index in [0.717, 1.165) is 11.3 Å². The van der Waals surface area contributed by atoms with Gasteiger partial charge in [-0.3, -0.25) is 19.5 Å². The Labute approximate surface area is 236 Å². The highest BCUT2D eigenvalue weighted by molar-refractivity contribution is 7.07. The lowest BCUT2D eigenvalue weighted by Crippen LogP contribution is -2.40. The molecule has 5 rings (SSSR count). The average Bonchev–Trinajstić information content (AvgIpc) is 3.52. The Morgan fingerprint density at radius 3 is 2.73 bits per heavy atom. The second kappa shape index (κ2) is 10.9. The number of fused-ring (bicyclic) bond motifs is 1. The zero-order chi connectivity index (χ0) is 28.6. The van der Waals surface area contributed by atoms with Crippen LogP contribution in [0.15, 0.2) is 80.1 Å². The number of esters is 1. The van der Waals surface area contributed by atoms with E-state index in [1.807, 2.05) is 0 Å². The first-order valence-electron chi connectivity index (χ1n) is 12.1. The molecule has 3 heterocycles. The highest BCUT2D eigenvalue weighted by Crippen LogP contribution is 2.35. The molecule has 12 heteroatoms. The van der Waals surface area contributed by atoms with Crippen molar-refractivity contribution in [1.82, 2.24) is 4.57 Å². The zero-order valence-electron chi connectivity index (χ0n) is 21.5. The molecule has 1 aliphatic rings. The first kappa shape index (κ1) is 27.1. The molecule has 2 aromatic carbocycles. The molecule has 0 saturated heterocycles. The van der Waals surface area contributed by atoms with Crippen LogP contribution in [0, 0.1) is 10.1 Å². The number of nitro benzene ring substituents is 1. The van der Waals surface area contributed by atoms with Crippen molar-refractivity contribution < 1.29 is 23.6 Å². The maximum Gasteiger partial charge on any atom is 0.338 e. The molecule has 0 spiro atoms. The highest BCUT2D eigenvalue weighted by atomic mass is 35.5. The number of nitro groups is 1. The third-order valence-electron chi connectivity index (χ3n) is 6.28. The minimum Gasteiger partial charge on any atom is -0.496 e. The summed E-state index contributed by atoms with van der Waals surface area (Å²) in [5.74, 6) is 0.475. The molecule has 40 heavy (non-hydrogen) atoms. The molecule has 0 radical (unpaired) electrons. The van der Waals surface area contributed by atoms with Crippen LogP contribution >= 0.6 is 22.9 Å². The van der Waals surface area contributed by atoms with Crippen molar-refractivity contribution in [3.05, 3.63) is 112 Å². The quantitative estimate of drug-likeness (QED) is 0.177. The van der Waals surface area contributed by atoms with Crippen LogP contribution in [0.5, 0.6) is 5.75 Å². The van der Waals surface area contributed by atoms with Crippen molar-refractivity contribution in [2.75, 3.05) is 13.7 Å². The van der Waals surface area contributed by atoms with E-state index < -0.39 is 16.9 Å². The number of benzene rings is 2. The second-order valence-corrected chi connectivity index (χ2v) is 10.1. The predicted octanol–water partition coefficient (Wildman–Crippen LogP) is 4.63. The minimum absolute atomic E-state index is 0.112. The van der Waals surface area contributed by atoms with Gasteiger partial charge >= 0.3 is 5.97 Å². The Morgan fingerprint density at radius 1 is 1.25 bits per heavy atom. The van der Waals surface area contributed by atoms with E-state index in [9.17, 15) is 19.7 Å². The van der Waals surface area contributed by atoms with Gasteiger partial charge in [0.15, 0.2) is 4.80 Å². The number of furan rings is 1. The van der Waals surface area contributed by atoms with Crippen molar-refractivity contribution in [2.24, 2.45) is 4.99 Å². The Hall–Kier alpha value is -4.48. The first-order chi connectivity index (χ1) is 19.2. The van der Waals surface area contributed by atoms with Crippen molar-refractivity contribution in [3.63, 3.8) is 0 Å². The van der Waals surface area contributed by atoms with Crippen molar-refractivity contribution >= 4 is 40.7 Å². The third kappa shape index (κ3) is 4.85. The number of hydrogen-bond acceptors (Lipinski definition) is 9. The molecule has 0 aliphatic carbocycles. The van der Waals surface area contributed by atoms with Gasteiger partial charge in [-0.25, -0.2) is 9.79 Å². The van der Waals surface area contributed by atoms with E-state index in [2.05, 4.69) is 4.99 Å². The summed E-state index contributed by atoms with van der Waals surface area (Å²) in [4.78, 5) is 42.3. The topological polar surface area (TPSA) is 126 Å². The van der Waals surface area contributed by atoms with Crippen LogP contribution in [0.4, 0.5) is 5.69 Å². The maximum absolute atomic E-state index is 13.8. The zero-order valence-corrected chi connectivity index (χ0v) is 23.1. The Morgan fingerprint density at radius 2 is 2.02 bits per heavy atom. The molecule has 0 saturated carbocycles. The molecule has 1 atom stereocenters. The predicted molar refractivity (Wildman–Crippen MR) is 149 cm³/mol. The van der Waals surface area contributed by atoms with Crippen molar-refractivity contribution in [1.29, 1.82) is 0 Å². The summed E-state index contributed by atoms with van der Waals surface area (Å²) in [6.07, 6.45) is 1.58. The van der Waals surface area contributed by atoms with Crippen molar-refractivity contribution in [3.8, 4) is 17.1 Å². The van der Waals surface area contributed by atoms with Gasteiger partial charge in [0.25, 0.3) is 11.2 Å². The highest BCUT2D eigenvalue weighted by Gasteiger charge is 2.34. The first-order valence-corrected chi connectivity index (χ1v) is 13.3. The lowest BCUT2D eigenvalue weighted by atomic mass is 9.96. The molecule has 1 aliphatic heterocycles. The normalized spacial score (nSPS) is 15.0. The standard InChI is InChI=1S/C28H22ClN3O7S/c1-4-38-27(34)24-15(2)30-28-31(25(24)18-7-5-6-8-20(18)29)26(33)23(40-28)14-17-10-12-21(39-17)19-11-9-16(32(35)36)13-22(19)37-3/h5-14,25H,4H2,1-3H3/t25-/m0/s1. The molecular formula is C28H22ClN3O7S. The fraction of sp³-hybridized carbons (Fsp3) is 0.179. The monoisotopic (exact) mass is 579 g/mol. The average molecular weight is 580 g/mol. The van der Waals surface area contributed by atoms with E-state index in [0.29, 0.717) is 42.7 Å². The molecule has 0 unspecified atom stereocenters. The number of aromatic nitrogens is 1. The fourth-order valence-corrected chi connectivity index (χ4v) is 5.75. The Kier molecular flexibility index (Phi) is 7.42. The van der Waals surface area contributed by atoms with E-state index in [-0.39, 0.29) is 29.2 Å². The van der Waals surface area contributed by atoms with Gasteiger partial charge in [-0.2, -0.15) is 0 Å². The maximum atomic E-state index is 13.8. The second-order valence-electron chi connectivity index (χ2n) is 8.67. The molecular weight excluding hydrogens is 558 g/mol. The van der Waals surface area contributed by atoms with E-state index in [4.69, 9.17) is 25.5 Å². The van der Waals surface area contributed by atoms with Gasteiger partial charge in [-0.15, -0.1) is 0 Å². The number of carbonyl (C=O) groups is 1. The summed E-state index contributed by atoms with van der Waals surface area (Å²) in [5, 5.41) is 11.5. The van der Waals surface area contributed by atoms with Gasteiger partial charge in [-0.1, -0.05) is 41.1 Å². The molecule has 0 amide bonds. The number of halogens is 1.